The van der Waals surface area contributed by atoms with Crippen LogP contribution in [0.25, 0.3) is 5.69 Å². The van der Waals surface area contributed by atoms with Crippen molar-refractivity contribution in [2.45, 2.75) is 19.1 Å². The lowest BCUT2D eigenvalue weighted by atomic mass is 10.0. The lowest BCUT2D eigenvalue weighted by Crippen LogP contribution is -2.17. The fourth-order valence-electron chi connectivity index (χ4n) is 2.53. The van der Waals surface area contributed by atoms with Crippen LogP contribution in [-0.4, -0.2) is 36.4 Å². The van der Waals surface area contributed by atoms with E-state index >= 15 is 0 Å². The van der Waals surface area contributed by atoms with E-state index in [1.165, 1.54) is 6.07 Å². The average Bonchev–Trinajstić information content (AvgIpc) is 3.30. The van der Waals surface area contributed by atoms with Crippen molar-refractivity contribution in [1.29, 1.82) is 0 Å². The number of imidazole rings is 1. The molecule has 0 spiro atoms. The van der Waals surface area contributed by atoms with E-state index in [9.17, 15) is 4.39 Å². The summed E-state index contributed by atoms with van der Waals surface area (Å²) < 4.78 is 17.6. The highest BCUT2D eigenvalue weighted by Gasteiger charge is 2.23. The third kappa shape index (κ3) is 2.70. The van der Waals surface area contributed by atoms with Crippen LogP contribution < -0.4 is 0 Å². The second-order valence-corrected chi connectivity index (χ2v) is 5.23. The molecule has 0 saturated heterocycles. The van der Waals surface area contributed by atoms with Gasteiger partial charge in [-0.2, -0.15) is 0 Å². The number of hydrogen-bond donors (Lipinski definition) is 0. The zero-order chi connectivity index (χ0) is 15.6. The summed E-state index contributed by atoms with van der Waals surface area (Å²) >= 11 is 0. The van der Waals surface area contributed by atoms with Crippen molar-refractivity contribution in [3.05, 3.63) is 60.7 Å². The Hall–Kier alpha value is -3.03. The molecule has 0 saturated carbocycles. The summed E-state index contributed by atoms with van der Waals surface area (Å²) in [5, 5.41) is 11.7. The normalized spacial score (nSPS) is 17.1. The Bertz CT molecular complexity index is 828. The molecule has 2 aromatic heterocycles. The molecule has 1 aliphatic heterocycles. The number of nitrogens with zero attached hydrogens (tertiary/aromatic N) is 6. The molecule has 0 radical (unpaired) electrons. The van der Waals surface area contributed by atoms with Crippen LogP contribution in [0.1, 0.15) is 12.0 Å². The Kier molecular flexibility index (Phi) is 3.34. The fraction of sp³-hybridized carbons (Fsp3) is 0.200. The van der Waals surface area contributed by atoms with Crippen LogP contribution in [-0.2, 0) is 11.4 Å². The van der Waals surface area contributed by atoms with Crippen LogP contribution in [0.15, 0.2) is 54.5 Å². The zero-order valence-electron chi connectivity index (χ0n) is 12.1. The van der Waals surface area contributed by atoms with Gasteiger partial charge in [0.25, 0.3) is 0 Å². The Labute approximate surface area is 131 Å². The molecule has 3 heterocycles. The second kappa shape index (κ2) is 5.64. The predicted molar refractivity (Wildman–Crippen MR) is 79.6 cm³/mol. The third-order valence-electron chi connectivity index (χ3n) is 3.66. The average molecular weight is 312 g/mol. The maximum Gasteiger partial charge on any atom is 0.152 e. The maximum atomic E-state index is 14.3. The number of oxime groups is 1. The summed E-state index contributed by atoms with van der Waals surface area (Å²) in [5.74, 6) is -0.331. The summed E-state index contributed by atoms with van der Waals surface area (Å²) in [5.41, 5.74) is 1.89. The van der Waals surface area contributed by atoms with Crippen LogP contribution in [0, 0.1) is 5.82 Å². The molecule has 4 rings (SSSR count). The first-order chi connectivity index (χ1) is 11.3. The van der Waals surface area contributed by atoms with Crippen molar-refractivity contribution in [2.24, 2.45) is 5.16 Å². The van der Waals surface area contributed by atoms with Crippen LogP contribution in [0.2, 0.25) is 0 Å². The summed E-state index contributed by atoms with van der Waals surface area (Å²) in [6.07, 6.45) is 8.72. The highest BCUT2D eigenvalue weighted by atomic mass is 19.1. The number of benzene rings is 1. The van der Waals surface area contributed by atoms with Crippen LogP contribution >= 0.6 is 0 Å². The van der Waals surface area contributed by atoms with Gasteiger partial charge in [-0.05, 0) is 12.1 Å². The minimum absolute atomic E-state index is 0.122. The molecule has 0 bridgehead atoms. The Morgan fingerprint density at radius 1 is 1.26 bits per heavy atom. The van der Waals surface area contributed by atoms with Crippen molar-refractivity contribution < 1.29 is 9.23 Å². The molecule has 116 valence electrons. The Morgan fingerprint density at radius 2 is 2.22 bits per heavy atom. The predicted octanol–water partition coefficient (Wildman–Crippen LogP) is 1.80. The standard InChI is InChI=1S/C15H13FN6O/c16-13-7-11(1-2-15(13)21-5-3-17-10-21)14-8-12(23-19-14)9-22-6-4-18-20-22/h1-7,10,12H,8-9H2. The smallest absolute Gasteiger partial charge is 0.152 e. The number of hydrogen-bond acceptors (Lipinski definition) is 5. The van der Waals surface area contributed by atoms with E-state index in [0.29, 0.717) is 24.2 Å². The van der Waals surface area contributed by atoms with E-state index in [4.69, 9.17) is 4.84 Å². The summed E-state index contributed by atoms with van der Waals surface area (Å²) in [4.78, 5) is 9.32. The molecule has 23 heavy (non-hydrogen) atoms. The summed E-state index contributed by atoms with van der Waals surface area (Å²) in [6.45, 7) is 0.558. The van der Waals surface area contributed by atoms with Crippen LogP contribution in [0.5, 0.6) is 0 Å². The zero-order valence-corrected chi connectivity index (χ0v) is 12.1. The van der Waals surface area contributed by atoms with E-state index in [1.54, 1.807) is 46.4 Å². The van der Waals surface area contributed by atoms with Gasteiger partial charge in [-0.3, -0.25) is 0 Å². The molecule has 7 nitrogen and oxygen atoms in total. The van der Waals surface area contributed by atoms with E-state index in [1.807, 2.05) is 6.07 Å². The Balaban J connectivity index is 1.50. The van der Waals surface area contributed by atoms with Gasteiger partial charge in [-0.1, -0.05) is 16.4 Å². The third-order valence-corrected chi connectivity index (χ3v) is 3.66. The lowest BCUT2D eigenvalue weighted by Gasteiger charge is -2.08. The van der Waals surface area contributed by atoms with Gasteiger partial charge < -0.3 is 9.40 Å². The largest absolute Gasteiger partial charge is 0.390 e. The first-order valence-corrected chi connectivity index (χ1v) is 7.14. The van der Waals surface area contributed by atoms with Gasteiger partial charge in [0.2, 0.25) is 0 Å². The van der Waals surface area contributed by atoms with E-state index in [-0.39, 0.29) is 11.9 Å². The van der Waals surface area contributed by atoms with Crippen molar-refractivity contribution >= 4 is 5.71 Å². The first-order valence-electron chi connectivity index (χ1n) is 7.14. The van der Waals surface area contributed by atoms with Crippen molar-refractivity contribution in [2.75, 3.05) is 0 Å². The quantitative estimate of drug-likeness (QED) is 0.736. The molecule has 3 aromatic rings. The van der Waals surface area contributed by atoms with Crippen molar-refractivity contribution in [1.82, 2.24) is 24.5 Å². The lowest BCUT2D eigenvalue weighted by molar-refractivity contribution is 0.0693. The molecule has 1 aromatic carbocycles. The van der Waals surface area contributed by atoms with Gasteiger partial charge in [0.05, 0.1) is 30.5 Å². The van der Waals surface area contributed by atoms with Gasteiger partial charge in [-0.15, -0.1) is 5.10 Å². The maximum absolute atomic E-state index is 14.3. The van der Waals surface area contributed by atoms with Crippen molar-refractivity contribution in [3.8, 4) is 5.69 Å². The van der Waals surface area contributed by atoms with Gasteiger partial charge >= 0.3 is 0 Å². The molecule has 0 amide bonds. The molecule has 0 N–H and O–H groups in total. The minimum atomic E-state index is -0.331. The second-order valence-electron chi connectivity index (χ2n) is 5.23. The highest BCUT2D eigenvalue weighted by Crippen LogP contribution is 2.21. The van der Waals surface area contributed by atoms with Gasteiger partial charge in [0.1, 0.15) is 5.82 Å². The number of rotatable bonds is 4. The number of halogens is 1. The van der Waals surface area contributed by atoms with E-state index in [2.05, 4.69) is 20.5 Å². The molecule has 0 aliphatic carbocycles. The molecular weight excluding hydrogens is 299 g/mol. The van der Waals surface area contributed by atoms with Gasteiger partial charge in [0.15, 0.2) is 6.10 Å². The van der Waals surface area contributed by atoms with Crippen molar-refractivity contribution in [3.63, 3.8) is 0 Å². The molecule has 1 atom stereocenters. The van der Waals surface area contributed by atoms with Gasteiger partial charge in [0, 0.05) is 30.6 Å². The first kappa shape index (κ1) is 13.6. The molecule has 8 heteroatoms. The van der Waals surface area contributed by atoms with Crippen LogP contribution in [0.3, 0.4) is 0 Å². The molecule has 1 aliphatic rings. The highest BCUT2D eigenvalue weighted by molar-refractivity contribution is 6.01. The van der Waals surface area contributed by atoms with Crippen LogP contribution in [0.4, 0.5) is 4.39 Å². The molecule has 0 fully saturated rings. The SMILES string of the molecule is Fc1cc(C2=NOC(Cn3ccnn3)C2)ccc1-n1ccnc1. The van der Waals surface area contributed by atoms with E-state index < -0.39 is 0 Å². The topological polar surface area (TPSA) is 70.1 Å². The fourth-order valence-corrected chi connectivity index (χ4v) is 2.53. The van der Waals surface area contributed by atoms with E-state index in [0.717, 1.165) is 5.71 Å². The molecule has 1 unspecified atom stereocenters. The Morgan fingerprint density at radius 3 is 2.96 bits per heavy atom. The summed E-state index contributed by atoms with van der Waals surface area (Å²) in [7, 11) is 0. The molecular formula is C15H13FN6O. The minimum Gasteiger partial charge on any atom is -0.390 e. The summed E-state index contributed by atoms with van der Waals surface area (Å²) in [6, 6.07) is 5.01. The monoisotopic (exact) mass is 312 g/mol. The number of aromatic nitrogens is 5. The van der Waals surface area contributed by atoms with Gasteiger partial charge in [-0.25, -0.2) is 14.1 Å².